The zero-order valence-corrected chi connectivity index (χ0v) is 12.4. The molecule has 0 atom stereocenters. The second-order valence-electron chi connectivity index (χ2n) is 5.22. The molecule has 2 aromatic rings. The van der Waals surface area contributed by atoms with Gasteiger partial charge in [0.05, 0.1) is 11.2 Å². The third-order valence-electron chi connectivity index (χ3n) is 3.89. The minimum atomic E-state index is 0.141. The number of aryl methyl sites for hydroxylation is 1. The van der Waals surface area contributed by atoms with Crippen LogP contribution in [0, 0.1) is 6.92 Å². The molecule has 1 aromatic heterocycles. The van der Waals surface area contributed by atoms with Crippen LogP contribution in [0.3, 0.4) is 0 Å². The van der Waals surface area contributed by atoms with E-state index in [1.54, 1.807) is 6.20 Å². The molecule has 3 nitrogen and oxygen atoms in total. The van der Waals surface area contributed by atoms with E-state index in [2.05, 4.69) is 29.2 Å². The number of carbonyl (C=O) groups excluding carboxylic acids is 1. The molecule has 0 saturated carbocycles. The van der Waals surface area contributed by atoms with E-state index in [1.807, 2.05) is 17.9 Å². The van der Waals surface area contributed by atoms with Gasteiger partial charge in [-0.1, -0.05) is 30.3 Å². The molecule has 20 heavy (non-hydrogen) atoms. The molecule has 104 valence electrons. The number of amides is 1. The number of carbonyl (C=O) groups is 1. The topological polar surface area (TPSA) is 33.2 Å². The van der Waals surface area contributed by atoms with Crippen LogP contribution < -0.4 is 0 Å². The van der Waals surface area contributed by atoms with Gasteiger partial charge in [0.15, 0.2) is 0 Å². The van der Waals surface area contributed by atoms with E-state index in [9.17, 15) is 4.79 Å². The molecule has 3 rings (SSSR count). The van der Waals surface area contributed by atoms with Crippen LogP contribution in [0.2, 0.25) is 0 Å². The van der Waals surface area contributed by atoms with Crippen LogP contribution in [-0.2, 0) is 0 Å². The molecule has 1 aromatic carbocycles. The van der Waals surface area contributed by atoms with Crippen LogP contribution >= 0.6 is 11.3 Å². The lowest BCUT2D eigenvalue weighted by molar-refractivity contribution is 0.0717. The highest BCUT2D eigenvalue weighted by Gasteiger charge is 2.25. The molecule has 1 fully saturated rings. The summed E-state index contributed by atoms with van der Waals surface area (Å²) in [6, 6.07) is 10.6. The van der Waals surface area contributed by atoms with Crippen molar-refractivity contribution in [3.05, 3.63) is 52.0 Å². The summed E-state index contributed by atoms with van der Waals surface area (Å²) in [6.07, 6.45) is 3.80. The summed E-state index contributed by atoms with van der Waals surface area (Å²) < 4.78 is 0. The van der Waals surface area contributed by atoms with E-state index in [0.717, 1.165) is 35.8 Å². The highest BCUT2D eigenvalue weighted by molar-refractivity contribution is 7.13. The normalized spacial score (nSPS) is 16.4. The van der Waals surface area contributed by atoms with Gasteiger partial charge in [-0.25, -0.2) is 4.98 Å². The van der Waals surface area contributed by atoms with Crippen molar-refractivity contribution in [3.8, 4) is 0 Å². The van der Waals surface area contributed by atoms with Crippen molar-refractivity contribution < 1.29 is 4.79 Å². The van der Waals surface area contributed by atoms with Crippen molar-refractivity contribution in [1.29, 1.82) is 0 Å². The molecule has 0 unspecified atom stereocenters. The predicted octanol–water partition coefficient (Wildman–Crippen LogP) is 3.47. The van der Waals surface area contributed by atoms with Crippen molar-refractivity contribution in [2.75, 3.05) is 13.1 Å². The number of rotatable bonds is 2. The molecule has 0 bridgehead atoms. The fourth-order valence-electron chi connectivity index (χ4n) is 2.76. The Balaban J connectivity index is 1.63. The van der Waals surface area contributed by atoms with Crippen LogP contribution in [-0.4, -0.2) is 28.9 Å². The van der Waals surface area contributed by atoms with E-state index < -0.39 is 0 Å². The first-order valence-corrected chi connectivity index (χ1v) is 7.82. The van der Waals surface area contributed by atoms with Gasteiger partial charge in [0, 0.05) is 13.1 Å². The zero-order chi connectivity index (χ0) is 13.9. The molecule has 1 amide bonds. The maximum atomic E-state index is 12.4. The molecule has 2 heterocycles. The summed E-state index contributed by atoms with van der Waals surface area (Å²) in [6.45, 7) is 3.62. The molecular weight excluding hydrogens is 268 g/mol. The Morgan fingerprint density at radius 2 is 1.95 bits per heavy atom. The van der Waals surface area contributed by atoms with Crippen LogP contribution in [0.25, 0.3) is 0 Å². The third kappa shape index (κ3) is 2.75. The first-order valence-electron chi connectivity index (χ1n) is 7.00. The fourth-order valence-corrected chi connectivity index (χ4v) is 3.50. The van der Waals surface area contributed by atoms with Crippen molar-refractivity contribution in [1.82, 2.24) is 9.88 Å². The van der Waals surface area contributed by atoms with E-state index in [1.165, 1.54) is 16.9 Å². The summed E-state index contributed by atoms with van der Waals surface area (Å²) in [7, 11) is 0. The minimum Gasteiger partial charge on any atom is -0.338 e. The standard InChI is InChI=1S/C16H18N2OS/c1-12-17-11-15(20-12)16(19)18-9-7-14(8-10-18)13-5-3-2-4-6-13/h2-6,11,14H,7-10H2,1H3. The van der Waals surface area contributed by atoms with Crippen LogP contribution in [0.15, 0.2) is 36.5 Å². The maximum absolute atomic E-state index is 12.4. The molecule has 1 aliphatic heterocycles. The number of aromatic nitrogens is 1. The van der Waals surface area contributed by atoms with Gasteiger partial charge in [-0.2, -0.15) is 0 Å². The lowest BCUT2D eigenvalue weighted by Gasteiger charge is -2.31. The number of piperidine rings is 1. The molecule has 0 radical (unpaired) electrons. The van der Waals surface area contributed by atoms with Crippen molar-refractivity contribution in [3.63, 3.8) is 0 Å². The zero-order valence-electron chi connectivity index (χ0n) is 11.6. The molecule has 1 saturated heterocycles. The highest BCUT2D eigenvalue weighted by atomic mass is 32.1. The number of benzene rings is 1. The predicted molar refractivity (Wildman–Crippen MR) is 81.2 cm³/mol. The quantitative estimate of drug-likeness (QED) is 0.847. The Morgan fingerprint density at radius 3 is 2.55 bits per heavy atom. The average molecular weight is 286 g/mol. The molecule has 0 aliphatic carbocycles. The van der Waals surface area contributed by atoms with Gasteiger partial charge in [0.1, 0.15) is 4.88 Å². The highest BCUT2D eigenvalue weighted by Crippen LogP contribution is 2.28. The van der Waals surface area contributed by atoms with E-state index >= 15 is 0 Å². The van der Waals surface area contributed by atoms with Gasteiger partial charge in [0.25, 0.3) is 5.91 Å². The third-order valence-corrected chi connectivity index (χ3v) is 4.79. The molecule has 0 spiro atoms. The first kappa shape index (κ1) is 13.3. The summed E-state index contributed by atoms with van der Waals surface area (Å²) in [5, 5.41) is 0.951. The Hall–Kier alpha value is -1.68. The average Bonchev–Trinajstić information content (AvgIpc) is 2.94. The number of hydrogen-bond acceptors (Lipinski definition) is 3. The van der Waals surface area contributed by atoms with Gasteiger partial charge >= 0.3 is 0 Å². The Bertz CT molecular complexity index is 586. The minimum absolute atomic E-state index is 0.141. The lowest BCUT2D eigenvalue weighted by Crippen LogP contribution is -2.37. The Labute approximate surface area is 123 Å². The molecule has 4 heteroatoms. The van der Waals surface area contributed by atoms with E-state index in [4.69, 9.17) is 0 Å². The van der Waals surface area contributed by atoms with Gasteiger partial charge < -0.3 is 4.90 Å². The van der Waals surface area contributed by atoms with Crippen molar-refractivity contribution in [2.24, 2.45) is 0 Å². The first-order chi connectivity index (χ1) is 9.74. The number of likely N-dealkylation sites (tertiary alicyclic amines) is 1. The van der Waals surface area contributed by atoms with Crippen LogP contribution in [0.5, 0.6) is 0 Å². The number of thiazole rings is 1. The molecule has 0 N–H and O–H groups in total. The van der Waals surface area contributed by atoms with E-state index in [-0.39, 0.29) is 5.91 Å². The van der Waals surface area contributed by atoms with Gasteiger partial charge in [-0.15, -0.1) is 11.3 Å². The second kappa shape index (κ2) is 5.75. The lowest BCUT2D eigenvalue weighted by atomic mass is 9.89. The molecule has 1 aliphatic rings. The van der Waals surface area contributed by atoms with Gasteiger partial charge in [-0.05, 0) is 31.2 Å². The fraction of sp³-hybridized carbons (Fsp3) is 0.375. The summed E-state index contributed by atoms with van der Waals surface area (Å²) in [5.41, 5.74) is 1.40. The number of nitrogens with zero attached hydrogens (tertiary/aromatic N) is 2. The largest absolute Gasteiger partial charge is 0.338 e. The van der Waals surface area contributed by atoms with Crippen molar-refractivity contribution in [2.45, 2.75) is 25.7 Å². The summed E-state index contributed by atoms with van der Waals surface area (Å²) >= 11 is 1.48. The smallest absolute Gasteiger partial charge is 0.265 e. The Morgan fingerprint density at radius 1 is 1.25 bits per heavy atom. The van der Waals surface area contributed by atoms with E-state index in [0.29, 0.717) is 5.92 Å². The molecular formula is C16H18N2OS. The van der Waals surface area contributed by atoms with Gasteiger partial charge in [0.2, 0.25) is 0 Å². The number of hydrogen-bond donors (Lipinski definition) is 0. The Kier molecular flexibility index (Phi) is 3.83. The SMILES string of the molecule is Cc1ncc(C(=O)N2CCC(c3ccccc3)CC2)s1. The second-order valence-corrected chi connectivity index (χ2v) is 6.46. The van der Waals surface area contributed by atoms with Crippen LogP contribution in [0.4, 0.5) is 0 Å². The monoisotopic (exact) mass is 286 g/mol. The summed E-state index contributed by atoms with van der Waals surface area (Å²) in [5.74, 6) is 0.727. The van der Waals surface area contributed by atoms with Crippen LogP contribution in [0.1, 0.15) is 39.0 Å². The van der Waals surface area contributed by atoms with Gasteiger partial charge in [-0.3, -0.25) is 4.79 Å². The maximum Gasteiger partial charge on any atom is 0.265 e. The summed E-state index contributed by atoms with van der Waals surface area (Å²) in [4.78, 5) is 19.2. The van der Waals surface area contributed by atoms with Crippen molar-refractivity contribution >= 4 is 17.2 Å².